The smallest absolute Gasteiger partial charge is 0.258 e. The molecule has 2 heterocycles. The van der Waals surface area contributed by atoms with Crippen LogP contribution in [0.15, 0.2) is 65.3 Å². The van der Waals surface area contributed by atoms with Crippen molar-refractivity contribution in [3.05, 3.63) is 78.2 Å². The number of pyridine rings is 1. The van der Waals surface area contributed by atoms with E-state index in [1.54, 1.807) is 24.3 Å². The summed E-state index contributed by atoms with van der Waals surface area (Å²) in [6.07, 6.45) is 1.05. The van der Waals surface area contributed by atoms with Gasteiger partial charge in [-0.1, -0.05) is 23.4 Å². The number of aromatic nitrogens is 3. The van der Waals surface area contributed by atoms with E-state index in [1.165, 1.54) is 30.3 Å². The molecule has 4 aromatic rings. The third-order valence-electron chi connectivity index (χ3n) is 3.74. The van der Waals surface area contributed by atoms with Crippen LogP contribution in [-0.2, 0) is 0 Å². The molecule has 7 heteroatoms. The molecule has 0 amide bonds. The molecule has 128 valence electrons. The molecule has 0 spiro atoms. The Balaban J connectivity index is 1.73. The van der Waals surface area contributed by atoms with Crippen LogP contribution in [0.3, 0.4) is 0 Å². The normalized spacial score (nSPS) is 10.9. The van der Waals surface area contributed by atoms with Crippen molar-refractivity contribution in [2.24, 2.45) is 0 Å². The van der Waals surface area contributed by atoms with Crippen molar-refractivity contribution in [1.29, 1.82) is 0 Å². The van der Waals surface area contributed by atoms with Gasteiger partial charge in [0.1, 0.15) is 23.1 Å². The summed E-state index contributed by atoms with van der Waals surface area (Å²) in [5.74, 6) is -1.46. The Morgan fingerprint density at radius 2 is 1.54 bits per heavy atom. The van der Waals surface area contributed by atoms with Gasteiger partial charge in [-0.25, -0.2) is 18.2 Å². The molecule has 0 atom stereocenters. The van der Waals surface area contributed by atoms with Gasteiger partial charge in [0.05, 0.1) is 11.8 Å². The Morgan fingerprint density at radius 3 is 2.27 bits per heavy atom. The molecule has 0 aliphatic heterocycles. The predicted octanol–water partition coefficient (Wildman–Crippen LogP) is 4.88. The molecule has 0 fully saturated rings. The zero-order chi connectivity index (χ0) is 18.1. The van der Waals surface area contributed by atoms with Crippen molar-refractivity contribution in [2.45, 2.75) is 0 Å². The van der Waals surface area contributed by atoms with Crippen molar-refractivity contribution >= 4 is 0 Å². The summed E-state index contributed by atoms with van der Waals surface area (Å²) < 4.78 is 46.2. The summed E-state index contributed by atoms with van der Waals surface area (Å²) >= 11 is 0. The number of rotatable bonds is 3. The molecule has 0 radical (unpaired) electrons. The van der Waals surface area contributed by atoms with E-state index in [0.29, 0.717) is 16.8 Å². The average Bonchev–Trinajstić information content (AvgIpc) is 3.13. The molecule has 0 aliphatic rings. The van der Waals surface area contributed by atoms with E-state index in [4.69, 9.17) is 4.52 Å². The van der Waals surface area contributed by atoms with Gasteiger partial charge in [0.25, 0.3) is 5.89 Å². The lowest BCUT2D eigenvalue weighted by molar-refractivity contribution is 0.432. The predicted molar refractivity (Wildman–Crippen MR) is 88.3 cm³/mol. The first-order chi connectivity index (χ1) is 12.6. The van der Waals surface area contributed by atoms with Crippen molar-refractivity contribution in [2.75, 3.05) is 0 Å². The molecule has 0 unspecified atom stereocenters. The van der Waals surface area contributed by atoms with Crippen LogP contribution >= 0.6 is 0 Å². The second kappa shape index (κ2) is 6.44. The molecule has 0 aliphatic carbocycles. The van der Waals surface area contributed by atoms with Gasteiger partial charge < -0.3 is 4.52 Å². The third kappa shape index (κ3) is 2.95. The lowest BCUT2D eigenvalue weighted by Crippen LogP contribution is -1.90. The zero-order valence-electron chi connectivity index (χ0n) is 13.2. The molecular weight excluding hydrogens is 343 g/mol. The lowest BCUT2D eigenvalue weighted by Gasteiger charge is -2.06. The molecule has 0 saturated carbocycles. The highest BCUT2D eigenvalue weighted by molar-refractivity contribution is 5.71. The fourth-order valence-corrected chi connectivity index (χ4v) is 2.53. The van der Waals surface area contributed by atoms with E-state index in [-0.39, 0.29) is 17.3 Å². The van der Waals surface area contributed by atoms with E-state index in [9.17, 15) is 13.2 Å². The highest BCUT2D eigenvalue weighted by atomic mass is 19.1. The standard InChI is InChI=1S/C19H10F3N3O/c20-13-7-8-16(23-10-13)18-24-19(26-25-18)12-4-1-3-11(9-12)17-14(21)5-2-6-15(17)22/h1-10H. The Bertz CT molecular complexity index is 1060. The van der Waals surface area contributed by atoms with Gasteiger partial charge in [-0.2, -0.15) is 4.98 Å². The van der Waals surface area contributed by atoms with E-state index in [1.807, 2.05) is 0 Å². The summed E-state index contributed by atoms with van der Waals surface area (Å²) in [5.41, 5.74) is 1.05. The van der Waals surface area contributed by atoms with E-state index < -0.39 is 17.5 Å². The Kier molecular flexibility index (Phi) is 3.96. The fourth-order valence-electron chi connectivity index (χ4n) is 2.53. The fraction of sp³-hybridized carbons (Fsp3) is 0. The summed E-state index contributed by atoms with van der Waals surface area (Å²) in [5, 5.41) is 3.81. The molecule has 4 rings (SSSR count). The van der Waals surface area contributed by atoms with Gasteiger partial charge >= 0.3 is 0 Å². The maximum absolute atomic E-state index is 14.0. The number of nitrogens with zero attached hydrogens (tertiary/aromatic N) is 3. The number of hydrogen-bond acceptors (Lipinski definition) is 4. The number of hydrogen-bond donors (Lipinski definition) is 0. The zero-order valence-corrected chi connectivity index (χ0v) is 13.2. The van der Waals surface area contributed by atoms with E-state index >= 15 is 0 Å². The SMILES string of the molecule is Fc1ccc(-c2noc(-c3cccc(-c4c(F)cccc4F)c3)n2)nc1. The van der Waals surface area contributed by atoms with Gasteiger partial charge in [-0.05, 0) is 42.0 Å². The minimum atomic E-state index is -0.663. The minimum Gasteiger partial charge on any atom is -0.334 e. The topological polar surface area (TPSA) is 51.8 Å². The van der Waals surface area contributed by atoms with Crippen LogP contribution in [0.2, 0.25) is 0 Å². The first-order valence-corrected chi connectivity index (χ1v) is 7.62. The van der Waals surface area contributed by atoms with Crippen LogP contribution in [0, 0.1) is 17.5 Å². The van der Waals surface area contributed by atoms with Crippen LogP contribution in [0.4, 0.5) is 13.2 Å². The Labute approximate surface area is 146 Å². The number of benzene rings is 2. The quantitative estimate of drug-likeness (QED) is 0.527. The van der Waals surface area contributed by atoms with E-state index in [0.717, 1.165) is 6.20 Å². The van der Waals surface area contributed by atoms with Crippen molar-refractivity contribution in [3.8, 4) is 34.1 Å². The van der Waals surface area contributed by atoms with Crippen LogP contribution < -0.4 is 0 Å². The minimum absolute atomic E-state index is 0.130. The number of halogens is 3. The van der Waals surface area contributed by atoms with E-state index in [2.05, 4.69) is 15.1 Å². The molecule has 26 heavy (non-hydrogen) atoms. The summed E-state index contributed by atoms with van der Waals surface area (Å²) in [4.78, 5) is 8.09. The summed E-state index contributed by atoms with van der Waals surface area (Å²) in [6, 6.07) is 12.8. The maximum atomic E-state index is 14.0. The van der Waals surface area contributed by atoms with Gasteiger partial charge in [-0.3, -0.25) is 0 Å². The molecular formula is C19H10F3N3O. The monoisotopic (exact) mass is 353 g/mol. The second-order valence-corrected chi connectivity index (χ2v) is 5.46. The van der Waals surface area contributed by atoms with Crippen LogP contribution in [-0.4, -0.2) is 15.1 Å². The van der Waals surface area contributed by atoms with Gasteiger partial charge in [0.2, 0.25) is 5.82 Å². The molecule has 0 bridgehead atoms. The van der Waals surface area contributed by atoms with Crippen molar-refractivity contribution in [3.63, 3.8) is 0 Å². The van der Waals surface area contributed by atoms with Crippen molar-refractivity contribution < 1.29 is 17.7 Å². The molecule has 2 aromatic carbocycles. The van der Waals surface area contributed by atoms with Gasteiger partial charge in [0.15, 0.2) is 0 Å². The third-order valence-corrected chi connectivity index (χ3v) is 3.74. The van der Waals surface area contributed by atoms with Crippen LogP contribution in [0.5, 0.6) is 0 Å². The largest absolute Gasteiger partial charge is 0.334 e. The highest BCUT2D eigenvalue weighted by Gasteiger charge is 2.15. The van der Waals surface area contributed by atoms with Crippen LogP contribution in [0.1, 0.15) is 0 Å². The Hall–Kier alpha value is -3.48. The van der Waals surface area contributed by atoms with Crippen LogP contribution in [0.25, 0.3) is 34.1 Å². The molecule has 0 N–H and O–H groups in total. The first-order valence-electron chi connectivity index (χ1n) is 7.62. The molecule has 4 nitrogen and oxygen atoms in total. The van der Waals surface area contributed by atoms with Gasteiger partial charge in [-0.15, -0.1) is 0 Å². The second-order valence-electron chi connectivity index (χ2n) is 5.46. The summed E-state index contributed by atoms with van der Waals surface area (Å²) in [7, 11) is 0. The summed E-state index contributed by atoms with van der Waals surface area (Å²) in [6.45, 7) is 0. The first kappa shape index (κ1) is 16.0. The lowest BCUT2D eigenvalue weighted by atomic mass is 10.0. The van der Waals surface area contributed by atoms with Gasteiger partial charge in [0, 0.05) is 5.56 Å². The Morgan fingerprint density at radius 1 is 0.808 bits per heavy atom. The van der Waals surface area contributed by atoms with Crippen molar-refractivity contribution in [1.82, 2.24) is 15.1 Å². The highest BCUT2D eigenvalue weighted by Crippen LogP contribution is 2.30. The molecule has 0 saturated heterocycles. The maximum Gasteiger partial charge on any atom is 0.258 e. The molecule has 2 aromatic heterocycles. The average molecular weight is 353 g/mol.